The molecule has 19 heavy (non-hydrogen) atoms. The van der Waals surface area contributed by atoms with E-state index in [0.717, 1.165) is 44.2 Å². The largest absolute Gasteiger partial charge is 0.494 e. The van der Waals surface area contributed by atoms with E-state index in [-0.39, 0.29) is 24.0 Å². The third kappa shape index (κ3) is 5.26. The second kappa shape index (κ2) is 9.01. The highest BCUT2D eigenvalue weighted by Crippen LogP contribution is 2.17. The molecule has 0 spiro atoms. The molecule has 0 fully saturated rings. The van der Waals surface area contributed by atoms with Gasteiger partial charge < -0.3 is 15.4 Å². The van der Waals surface area contributed by atoms with Crippen LogP contribution < -0.4 is 15.4 Å². The second-order valence-electron chi connectivity index (χ2n) is 4.23. The van der Waals surface area contributed by atoms with Gasteiger partial charge in [0, 0.05) is 19.6 Å². The maximum absolute atomic E-state index is 5.61. The molecule has 0 amide bonds. The molecule has 0 aromatic heterocycles. The zero-order chi connectivity index (χ0) is 12.6. The minimum Gasteiger partial charge on any atom is -0.494 e. The Bertz CT molecular complexity index is 409. The van der Waals surface area contributed by atoms with E-state index in [1.165, 1.54) is 5.56 Å². The summed E-state index contributed by atoms with van der Waals surface area (Å²) in [4.78, 5) is 4.38. The summed E-state index contributed by atoms with van der Waals surface area (Å²) in [5.74, 6) is 1.91. The minimum atomic E-state index is 0. The zero-order valence-electron chi connectivity index (χ0n) is 11.3. The van der Waals surface area contributed by atoms with E-state index >= 15 is 0 Å². The molecule has 1 aromatic carbocycles. The van der Waals surface area contributed by atoms with Gasteiger partial charge in [0.2, 0.25) is 0 Å². The Balaban J connectivity index is 0.00000180. The number of ether oxygens (including phenoxy) is 1. The number of hydrogen-bond donors (Lipinski definition) is 2. The Morgan fingerprint density at radius 2 is 2.21 bits per heavy atom. The highest BCUT2D eigenvalue weighted by Gasteiger charge is 2.05. The highest BCUT2D eigenvalue weighted by molar-refractivity contribution is 14.0. The summed E-state index contributed by atoms with van der Waals surface area (Å²) in [5, 5.41) is 6.58. The predicted octanol–water partition coefficient (Wildman–Crippen LogP) is 2.18. The van der Waals surface area contributed by atoms with Crippen LogP contribution >= 0.6 is 24.0 Å². The van der Waals surface area contributed by atoms with Gasteiger partial charge in [-0.3, -0.25) is 4.99 Å². The molecule has 2 rings (SSSR count). The van der Waals surface area contributed by atoms with Crippen molar-refractivity contribution in [2.75, 3.05) is 26.2 Å². The maximum atomic E-state index is 5.61. The molecule has 0 atom stereocenters. The molecule has 0 saturated heterocycles. The van der Waals surface area contributed by atoms with Gasteiger partial charge in [0.25, 0.3) is 0 Å². The van der Waals surface area contributed by atoms with Crippen LogP contribution in [0.5, 0.6) is 5.75 Å². The molecular weight excluding hydrogens is 353 g/mol. The van der Waals surface area contributed by atoms with Crippen LogP contribution in [0.3, 0.4) is 0 Å². The van der Waals surface area contributed by atoms with E-state index in [9.17, 15) is 0 Å². The maximum Gasteiger partial charge on any atom is 0.191 e. The third-order valence-electron chi connectivity index (χ3n) is 2.86. The van der Waals surface area contributed by atoms with Crippen molar-refractivity contribution in [3.63, 3.8) is 0 Å². The van der Waals surface area contributed by atoms with Gasteiger partial charge in [-0.1, -0.05) is 18.2 Å². The zero-order valence-corrected chi connectivity index (χ0v) is 13.6. The van der Waals surface area contributed by atoms with Crippen molar-refractivity contribution >= 4 is 29.9 Å². The Kier molecular flexibility index (Phi) is 7.62. The summed E-state index contributed by atoms with van der Waals surface area (Å²) < 4.78 is 5.61. The number of benzene rings is 1. The first-order valence-corrected chi connectivity index (χ1v) is 6.63. The number of aliphatic imine (C=N–C) groups is 1. The Morgan fingerprint density at radius 3 is 2.95 bits per heavy atom. The highest BCUT2D eigenvalue weighted by atomic mass is 127. The van der Waals surface area contributed by atoms with E-state index in [2.05, 4.69) is 21.7 Å². The summed E-state index contributed by atoms with van der Waals surface area (Å²) in [5.41, 5.74) is 1.24. The minimum absolute atomic E-state index is 0. The van der Waals surface area contributed by atoms with Gasteiger partial charge in [-0.25, -0.2) is 0 Å². The standard InChI is InChI=1S/C14H21N3O.HI/c1-2-18-13-7-4-3-6-12(13)8-11-17-14-15-9-5-10-16-14;/h3-4,6-7H,2,5,8-11H2,1H3,(H2,15,16,17);1H. The lowest BCUT2D eigenvalue weighted by Crippen LogP contribution is -2.41. The lowest BCUT2D eigenvalue weighted by atomic mass is 10.1. The van der Waals surface area contributed by atoms with E-state index in [0.29, 0.717) is 6.61 Å². The molecule has 0 radical (unpaired) electrons. The summed E-state index contributed by atoms with van der Waals surface area (Å²) in [6, 6.07) is 8.20. The Morgan fingerprint density at radius 1 is 1.37 bits per heavy atom. The van der Waals surface area contributed by atoms with Crippen LogP contribution in [0.1, 0.15) is 18.9 Å². The van der Waals surface area contributed by atoms with Crippen molar-refractivity contribution in [2.45, 2.75) is 19.8 Å². The van der Waals surface area contributed by atoms with Crippen LogP contribution in [0.15, 0.2) is 29.3 Å². The third-order valence-corrected chi connectivity index (χ3v) is 2.86. The fourth-order valence-corrected chi connectivity index (χ4v) is 1.97. The van der Waals surface area contributed by atoms with Crippen molar-refractivity contribution in [1.82, 2.24) is 10.6 Å². The number of nitrogens with zero attached hydrogens (tertiary/aromatic N) is 1. The van der Waals surface area contributed by atoms with Gasteiger partial charge in [0.05, 0.1) is 6.61 Å². The molecule has 1 aromatic rings. The van der Waals surface area contributed by atoms with Crippen LogP contribution in [0.4, 0.5) is 0 Å². The Hall–Kier alpha value is -0.980. The van der Waals surface area contributed by atoms with Gasteiger partial charge in [0.15, 0.2) is 5.96 Å². The van der Waals surface area contributed by atoms with Gasteiger partial charge in [-0.15, -0.1) is 24.0 Å². The van der Waals surface area contributed by atoms with E-state index in [1.54, 1.807) is 0 Å². The number of rotatable bonds is 5. The van der Waals surface area contributed by atoms with Gasteiger partial charge in [0.1, 0.15) is 5.75 Å². The number of para-hydroxylation sites is 1. The molecule has 1 aliphatic rings. The number of guanidine groups is 1. The molecule has 1 aliphatic heterocycles. The van der Waals surface area contributed by atoms with Crippen LogP contribution in [0.25, 0.3) is 0 Å². The monoisotopic (exact) mass is 375 g/mol. The van der Waals surface area contributed by atoms with Gasteiger partial charge in [-0.2, -0.15) is 0 Å². The fraction of sp³-hybridized carbons (Fsp3) is 0.500. The van der Waals surface area contributed by atoms with Crippen molar-refractivity contribution in [3.05, 3.63) is 29.8 Å². The molecule has 5 heteroatoms. The fourth-order valence-electron chi connectivity index (χ4n) is 1.97. The first-order valence-electron chi connectivity index (χ1n) is 6.63. The molecule has 0 unspecified atom stereocenters. The quantitative estimate of drug-likeness (QED) is 0.776. The Labute approximate surface area is 132 Å². The van der Waals surface area contributed by atoms with Gasteiger partial charge >= 0.3 is 0 Å². The smallest absolute Gasteiger partial charge is 0.191 e. The van der Waals surface area contributed by atoms with Crippen molar-refractivity contribution in [2.24, 2.45) is 4.99 Å². The van der Waals surface area contributed by atoms with E-state index < -0.39 is 0 Å². The average Bonchev–Trinajstić information content (AvgIpc) is 2.42. The summed E-state index contributed by atoms with van der Waals surface area (Å²) >= 11 is 0. The second-order valence-corrected chi connectivity index (χ2v) is 4.23. The van der Waals surface area contributed by atoms with Crippen molar-refractivity contribution < 1.29 is 4.74 Å². The number of nitrogens with one attached hydrogen (secondary N) is 2. The lowest BCUT2D eigenvalue weighted by Gasteiger charge is -2.16. The molecule has 0 saturated carbocycles. The predicted molar refractivity (Wildman–Crippen MR) is 89.7 cm³/mol. The van der Waals surface area contributed by atoms with Crippen LogP contribution in [-0.2, 0) is 6.42 Å². The van der Waals surface area contributed by atoms with E-state index in [4.69, 9.17) is 4.74 Å². The summed E-state index contributed by atoms with van der Waals surface area (Å²) in [6.07, 6.45) is 2.06. The SMILES string of the molecule is CCOc1ccccc1CCNC1=NCCCN1.I. The van der Waals surface area contributed by atoms with Crippen LogP contribution in [-0.4, -0.2) is 32.2 Å². The normalized spacial score (nSPS) is 13.8. The van der Waals surface area contributed by atoms with E-state index in [1.807, 2.05) is 25.1 Å². The summed E-state index contributed by atoms with van der Waals surface area (Å²) in [7, 11) is 0. The first kappa shape index (κ1) is 16.1. The van der Waals surface area contributed by atoms with Crippen LogP contribution in [0, 0.1) is 0 Å². The molecule has 0 aliphatic carbocycles. The number of halogens is 1. The molecule has 2 N–H and O–H groups in total. The average molecular weight is 375 g/mol. The van der Waals surface area contributed by atoms with Crippen molar-refractivity contribution in [1.29, 1.82) is 0 Å². The molecule has 1 heterocycles. The summed E-state index contributed by atoms with van der Waals surface area (Å²) in [6.45, 7) is 5.52. The first-order chi connectivity index (χ1) is 8.90. The molecule has 4 nitrogen and oxygen atoms in total. The van der Waals surface area contributed by atoms with Gasteiger partial charge in [-0.05, 0) is 31.4 Å². The topological polar surface area (TPSA) is 45.6 Å². The molecule has 106 valence electrons. The number of hydrogen-bond acceptors (Lipinski definition) is 4. The van der Waals surface area contributed by atoms with Crippen molar-refractivity contribution in [3.8, 4) is 5.75 Å². The molecule has 0 bridgehead atoms. The molecular formula is C14H22IN3O. The van der Waals surface area contributed by atoms with Crippen LogP contribution in [0.2, 0.25) is 0 Å². The lowest BCUT2D eigenvalue weighted by molar-refractivity contribution is 0.336.